The number of carbonyl (C=O) groups is 2. The van der Waals surface area contributed by atoms with Crippen molar-refractivity contribution in [2.24, 2.45) is 0 Å². The van der Waals surface area contributed by atoms with E-state index in [1.54, 1.807) is 24.3 Å². The molecule has 180 valence electrons. The minimum atomic E-state index is -0.712. The second-order valence-corrected chi connectivity index (χ2v) is 8.46. The number of carbonyl (C=O) groups excluding carboxylic acids is 2. The Morgan fingerprint density at radius 1 is 1.03 bits per heavy atom. The van der Waals surface area contributed by atoms with Crippen LogP contribution in [0.15, 0.2) is 54.1 Å². The van der Waals surface area contributed by atoms with Gasteiger partial charge in [0.15, 0.2) is 0 Å². The Morgan fingerprint density at radius 2 is 1.71 bits per heavy atom. The first-order valence-corrected chi connectivity index (χ1v) is 11.9. The number of ketones is 1. The molecule has 2 heterocycles. The highest BCUT2D eigenvalue weighted by Crippen LogP contribution is 2.40. The molecule has 0 spiro atoms. The van der Waals surface area contributed by atoms with Crippen LogP contribution in [-0.2, 0) is 14.3 Å². The number of aliphatic hydroxyl groups is 1. The second-order valence-electron chi connectivity index (χ2n) is 8.46. The van der Waals surface area contributed by atoms with Crippen molar-refractivity contribution >= 4 is 17.4 Å². The third-order valence-corrected chi connectivity index (χ3v) is 6.07. The molecule has 0 saturated carbocycles. The molecule has 0 aliphatic carbocycles. The van der Waals surface area contributed by atoms with Gasteiger partial charge < -0.3 is 24.2 Å². The number of hydrogen-bond donors (Lipinski definition) is 1. The summed E-state index contributed by atoms with van der Waals surface area (Å²) in [5.41, 5.74) is 1.26. The van der Waals surface area contributed by atoms with Gasteiger partial charge in [0.2, 0.25) is 0 Å². The maximum Gasteiger partial charge on any atom is 0.295 e. The number of ether oxygens (including phenoxy) is 3. The Bertz CT molecular complexity index is 1040. The minimum Gasteiger partial charge on any atom is -0.507 e. The highest BCUT2D eigenvalue weighted by atomic mass is 16.5. The number of likely N-dealkylation sites (tertiary alicyclic amines) is 1. The van der Waals surface area contributed by atoms with Crippen molar-refractivity contribution in [2.45, 2.75) is 45.3 Å². The van der Waals surface area contributed by atoms with Crippen LogP contribution in [0.2, 0.25) is 0 Å². The van der Waals surface area contributed by atoms with Crippen molar-refractivity contribution in [3.63, 3.8) is 0 Å². The Kier molecular flexibility index (Phi) is 7.53. The first-order chi connectivity index (χ1) is 16.5. The summed E-state index contributed by atoms with van der Waals surface area (Å²) in [7, 11) is 0. The molecule has 2 atom stereocenters. The molecule has 1 N–H and O–H groups in total. The molecule has 34 heavy (non-hydrogen) atoms. The lowest BCUT2D eigenvalue weighted by molar-refractivity contribution is -0.140. The summed E-state index contributed by atoms with van der Waals surface area (Å²) in [5, 5.41) is 11.2. The second kappa shape index (κ2) is 10.7. The summed E-state index contributed by atoms with van der Waals surface area (Å²) < 4.78 is 16.9. The van der Waals surface area contributed by atoms with Gasteiger partial charge in [-0.3, -0.25) is 9.59 Å². The maximum atomic E-state index is 13.2. The summed E-state index contributed by atoms with van der Waals surface area (Å²) in [5.74, 6) is -0.141. The fourth-order valence-electron chi connectivity index (χ4n) is 4.42. The molecule has 7 nitrogen and oxygen atoms in total. The van der Waals surface area contributed by atoms with Gasteiger partial charge in [-0.1, -0.05) is 19.1 Å². The summed E-state index contributed by atoms with van der Waals surface area (Å²) in [4.78, 5) is 27.8. The smallest absolute Gasteiger partial charge is 0.295 e. The Balaban J connectivity index is 1.73. The first-order valence-electron chi connectivity index (χ1n) is 11.9. The molecule has 2 aliphatic heterocycles. The predicted molar refractivity (Wildman–Crippen MR) is 128 cm³/mol. The molecule has 0 radical (unpaired) electrons. The summed E-state index contributed by atoms with van der Waals surface area (Å²) >= 11 is 0. The molecule has 2 fully saturated rings. The van der Waals surface area contributed by atoms with Crippen molar-refractivity contribution in [2.75, 3.05) is 26.4 Å². The first kappa shape index (κ1) is 23.8. The number of hydrogen-bond acceptors (Lipinski definition) is 6. The largest absolute Gasteiger partial charge is 0.507 e. The normalized spacial score (nSPS) is 21.8. The van der Waals surface area contributed by atoms with E-state index in [2.05, 4.69) is 0 Å². The van der Waals surface area contributed by atoms with Crippen LogP contribution in [0.5, 0.6) is 11.5 Å². The quantitative estimate of drug-likeness (QED) is 0.334. The van der Waals surface area contributed by atoms with Gasteiger partial charge >= 0.3 is 0 Å². The monoisotopic (exact) mass is 465 g/mol. The Labute approximate surface area is 199 Å². The van der Waals surface area contributed by atoms with Crippen LogP contribution in [0.3, 0.4) is 0 Å². The summed E-state index contributed by atoms with van der Waals surface area (Å²) in [6, 6.07) is 13.5. The lowest BCUT2D eigenvalue weighted by atomic mass is 9.95. The van der Waals surface area contributed by atoms with Crippen LogP contribution >= 0.6 is 0 Å². The standard InChI is InChI=1S/C27H31NO6/c1-3-15-33-21-11-7-18(8-12-21)24-23(25(29)19-9-13-20(14-10-19)32-4-2)26(30)27(31)28(24)17-22-6-5-16-34-22/h7-14,22,24,29H,3-6,15-17H2,1-2H3. The fraction of sp³-hybridized carbons (Fsp3) is 0.407. The van der Waals surface area contributed by atoms with Crippen LogP contribution in [-0.4, -0.2) is 54.2 Å². The van der Waals surface area contributed by atoms with E-state index in [4.69, 9.17) is 14.2 Å². The van der Waals surface area contributed by atoms with E-state index in [1.807, 2.05) is 38.1 Å². The van der Waals surface area contributed by atoms with Gasteiger partial charge in [0.05, 0.1) is 30.9 Å². The average Bonchev–Trinajstić information content (AvgIpc) is 3.46. The number of benzene rings is 2. The zero-order valence-corrected chi connectivity index (χ0v) is 19.7. The number of Topliss-reactive ketones (excluding diaryl/α,β-unsaturated/α-hetero) is 1. The van der Waals surface area contributed by atoms with Gasteiger partial charge in [-0.25, -0.2) is 0 Å². The van der Waals surface area contributed by atoms with E-state index >= 15 is 0 Å². The Morgan fingerprint density at radius 3 is 2.32 bits per heavy atom. The molecule has 2 aliphatic rings. The molecular formula is C27H31NO6. The molecule has 1 amide bonds. The van der Waals surface area contributed by atoms with Gasteiger partial charge in [0.1, 0.15) is 17.3 Å². The van der Waals surface area contributed by atoms with Crippen LogP contribution < -0.4 is 9.47 Å². The zero-order valence-electron chi connectivity index (χ0n) is 19.7. The van der Waals surface area contributed by atoms with Crippen LogP contribution in [0.1, 0.15) is 50.3 Å². The molecule has 4 rings (SSSR count). The molecular weight excluding hydrogens is 434 g/mol. The van der Waals surface area contributed by atoms with E-state index in [0.29, 0.717) is 43.4 Å². The van der Waals surface area contributed by atoms with Crippen LogP contribution in [0, 0.1) is 0 Å². The van der Waals surface area contributed by atoms with E-state index < -0.39 is 17.7 Å². The van der Waals surface area contributed by atoms with Gasteiger partial charge in [-0.15, -0.1) is 0 Å². The third kappa shape index (κ3) is 4.94. The highest BCUT2D eigenvalue weighted by molar-refractivity contribution is 6.46. The van der Waals surface area contributed by atoms with Crippen molar-refractivity contribution in [1.29, 1.82) is 0 Å². The van der Waals surface area contributed by atoms with Crippen molar-refractivity contribution < 1.29 is 28.9 Å². The van der Waals surface area contributed by atoms with E-state index in [9.17, 15) is 14.7 Å². The lowest BCUT2D eigenvalue weighted by Gasteiger charge is -2.27. The van der Waals surface area contributed by atoms with E-state index in [0.717, 1.165) is 24.8 Å². The van der Waals surface area contributed by atoms with Crippen LogP contribution in [0.25, 0.3) is 5.76 Å². The maximum absolute atomic E-state index is 13.2. The lowest BCUT2D eigenvalue weighted by Crippen LogP contribution is -2.36. The topological polar surface area (TPSA) is 85.3 Å². The van der Waals surface area contributed by atoms with Gasteiger partial charge in [0.25, 0.3) is 11.7 Å². The molecule has 0 bridgehead atoms. The summed E-state index contributed by atoms with van der Waals surface area (Å²) in [6.07, 6.45) is 2.52. The third-order valence-electron chi connectivity index (χ3n) is 6.07. The minimum absolute atomic E-state index is 0.0781. The van der Waals surface area contributed by atoms with Crippen molar-refractivity contribution in [3.05, 3.63) is 65.2 Å². The number of amides is 1. The number of aliphatic hydroxyl groups excluding tert-OH is 1. The SMILES string of the molecule is CCCOc1ccc(C2C(=C(O)c3ccc(OCC)cc3)C(=O)C(=O)N2CC2CCCO2)cc1. The molecule has 7 heteroatoms. The molecule has 2 saturated heterocycles. The fourth-order valence-corrected chi connectivity index (χ4v) is 4.42. The van der Waals surface area contributed by atoms with Crippen LogP contribution in [0.4, 0.5) is 0 Å². The molecule has 2 unspecified atom stereocenters. The van der Waals surface area contributed by atoms with E-state index in [-0.39, 0.29) is 17.4 Å². The number of rotatable bonds is 9. The van der Waals surface area contributed by atoms with Gasteiger partial charge in [-0.2, -0.15) is 0 Å². The average molecular weight is 466 g/mol. The molecule has 2 aromatic carbocycles. The predicted octanol–water partition coefficient (Wildman–Crippen LogP) is 4.47. The summed E-state index contributed by atoms with van der Waals surface area (Å²) in [6.45, 7) is 6.00. The Hall–Kier alpha value is -3.32. The number of nitrogens with zero attached hydrogens (tertiary/aromatic N) is 1. The van der Waals surface area contributed by atoms with Gasteiger partial charge in [0, 0.05) is 18.7 Å². The van der Waals surface area contributed by atoms with Gasteiger partial charge in [-0.05, 0) is 68.1 Å². The highest BCUT2D eigenvalue weighted by Gasteiger charge is 2.47. The molecule has 2 aromatic rings. The van der Waals surface area contributed by atoms with Crippen molar-refractivity contribution in [3.8, 4) is 11.5 Å². The van der Waals surface area contributed by atoms with Crippen molar-refractivity contribution in [1.82, 2.24) is 4.90 Å². The molecule has 0 aromatic heterocycles. The van der Waals surface area contributed by atoms with E-state index in [1.165, 1.54) is 4.90 Å². The zero-order chi connectivity index (χ0) is 24.1.